The van der Waals surface area contributed by atoms with Crippen LogP contribution in [0.15, 0.2) is 11.6 Å². The number of carbonyl (C=O) groups is 1. The lowest BCUT2D eigenvalue weighted by atomic mass is 9.90. The molecule has 0 atom stereocenters. The van der Waals surface area contributed by atoms with Crippen LogP contribution in [0.5, 0.6) is 0 Å². The minimum absolute atomic E-state index is 0.107. The van der Waals surface area contributed by atoms with Crippen LogP contribution in [0.2, 0.25) is 0 Å². The van der Waals surface area contributed by atoms with Crippen LogP contribution in [0.4, 0.5) is 0 Å². The van der Waals surface area contributed by atoms with Crippen LogP contribution in [0.25, 0.3) is 0 Å². The van der Waals surface area contributed by atoms with Gasteiger partial charge in [0.1, 0.15) is 0 Å². The minimum atomic E-state index is -0.107. The van der Waals surface area contributed by atoms with Crippen molar-refractivity contribution in [2.45, 2.75) is 37.7 Å². The average Bonchev–Trinajstić information content (AvgIpc) is 2.74. The SMILES string of the molecule is CC(C)(C/C=C1/CCOC1=O)C1SCCCS1. The van der Waals surface area contributed by atoms with Crippen LogP contribution in [0.3, 0.4) is 0 Å². The third-order valence-electron chi connectivity index (χ3n) is 3.21. The van der Waals surface area contributed by atoms with E-state index in [0.717, 1.165) is 18.4 Å². The fourth-order valence-corrected chi connectivity index (χ4v) is 5.35. The molecule has 0 aromatic carbocycles. The Kier molecular flexibility index (Phi) is 4.47. The predicted molar refractivity (Wildman–Crippen MR) is 75.4 cm³/mol. The fraction of sp³-hybridized carbons (Fsp3) is 0.769. The number of esters is 1. The highest BCUT2D eigenvalue weighted by molar-refractivity contribution is 8.17. The van der Waals surface area contributed by atoms with E-state index in [4.69, 9.17) is 4.74 Å². The molecule has 2 heterocycles. The molecular weight excluding hydrogens is 252 g/mol. The van der Waals surface area contributed by atoms with Gasteiger partial charge in [0.2, 0.25) is 0 Å². The molecule has 0 amide bonds. The van der Waals surface area contributed by atoms with Gasteiger partial charge in [0.25, 0.3) is 0 Å². The second-order valence-corrected chi connectivity index (χ2v) is 7.96. The van der Waals surface area contributed by atoms with E-state index in [1.54, 1.807) is 0 Å². The lowest BCUT2D eigenvalue weighted by Gasteiger charge is -2.35. The van der Waals surface area contributed by atoms with Gasteiger partial charge in [0.05, 0.1) is 11.2 Å². The Balaban J connectivity index is 1.94. The van der Waals surface area contributed by atoms with Crippen molar-refractivity contribution in [3.8, 4) is 0 Å². The number of hydrogen-bond acceptors (Lipinski definition) is 4. The van der Waals surface area contributed by atoms with Crippen molar-refractivity contribution >= 4 is 29.5 Å². The van der Waals surface area contributed by atoms with Crippen LogP contribution < -0.4 is 0 Å². The maximum atomic E-state index is 11.4. The molecule has 2 fully saturated rings. The van der Waals surface area contributed by atoms with E-state index in [0.29, 0.717) is 11.2 Å². The van der Waals surface area contributed by atoms with Gasteiger partial charge in [-0.05, 0) is 29.8 Å². The van der Waals surface area contributed by atoms with Crippen molar-refractivity contribution in [2.24, 2.45) is 5.41 Å². The number of allylic oxidation sites excluding steroid dienone is 1. The highest BCUT2D eigenvalue weighted by Crippen LogP contribution is 2.44. The maximum Gasteiger partial charge on any atom is 0.333 e. The normalized spacial score (nSPS) is 25.3. The Hall–Kier alpha value is -0.0900. The quantitative estimate of drug-likeness (QED) is 0.580. The first-order valence-corrected chi connectivity index (χ1v) is 8.29. The molecule has 0 unspecified atom stereocenters. The second-order valence-electron chi connectivity index (χ2n) is 5.24. The Morgan fingerprint density at radius 1 is 1.41 bits per heavy atom. The molecule has 2 aliphatic rings. The standard InChI is InChI=1S/C13H20O2S2/c1-13(2,12-16-8-3-9-17-12)6-4-10-5-7-15-11(10)14/h4,12H,3,5-9H2,1-2H3/b10-4-. The van der Waals surface area contributed by atoms with E-state index in [2.05, 4.69) is 43.4 Å². The van der Waals surface area contributed by atoms with E-state index in [9.17, 15) is 4.79 Å². The highest BCUT2D eigenvalue weighted by atomic mass is 32.2. The van der Waals surface area contributed by atoms with Gasteiger partial charge in [-0.3, -0.25) is 0 Å². The third kappa shape index (κ3) is 3.44. The molecule has 17 heavy (non-hydrogen) atoms. The van der Waals surface area contributed by atoms with Crippen LogP contribution >= 0.6 is 23.5 Å². The zero-order valence-corrected chi connectivity index (χ0v) is 12.2. The fourth-order valence-electron chi connectivity index (χ4n) is 2.06. The zero-order valence-electron chi connectivity index (χ0n) is 10.5. The molecule has 0 spiro atoms. The lowest BCUT2D eigenvalue weighted by molar-refractivity contribution is -0.135. The summed E-state index contributed by atoms with van der Waals surface area (Å²) in [5.41, 5.74) is 1.13. The molecule has 0 aliphatic carbocycles. The number of carbonyl (C=O) groups excluding carboxylic acids is 1. The summed E-state index contributed by atoms with van der Waals surface area (Å²) in [6, 6.07) is 0. The van der Waals surface area contributed by atoms with Crippen LogP contribution in [-0.2, 0) is 9.53 Å². The zero-order chi connectivity index (χ0) is 12.3. The average molecular weight is 272 g/mol. The van der Waals surface area contributed by atoms with Crippen LogP contribution in [0.1, 0.15) is 33.1 Å². The molecule has 2 nitrogen and oxygen atoms in total. The number of hydrogen-bond donors (Lipinski definition) is 0. The van der Waals surface area contributed by atoms with Gasteiger partial charge in [0, 0.05) is 12.0 Å². The van der Waals surface area contributed by atoms with Crippen molar-refractivity contribution in [1.82, 2.24) is 0 Å². The predicted octanol–water partition coefficient (Wildman–Crippen LogP) is 3.47. The van der Waals surface area contributed by atoms with Crippen molar-refractivity contribution in [1.29, 1.82) is 0 Å². The minimum Gasteiger partial charge on any atom is -0.462 e. The summed E-state index contributed by atoms with van der Waals surface area (Å²) < 4.78 is 5.62. The largest absolute Gasteiger partial charge is 0.462 e. The van der Waals surface area contributed by atoms with E-state index < -0.39 is 0 Å². The lowest BCUT2D eigenvalue weighted by Crippen LogP contribution is -2.26. The number of cyclic esters (lactones) is 1. The van der Waals surface area contributed by atoms with E-state index in [1.807, 2.05) is 0 Å². The monoisotopic (exact) mass is 272 g/mol. The molecule has 0 N–H and O–H groups in total. The Bertz CT molecular complexity index is 317. The van der Waals surface area contributed by atoms with Gasteiger partial charge in [-0.25, -0.2) is 4.79 Å². The molecule has 0 radical (unpaired) electrons. The van der Waals surface area contributed by atoms with Crippen LogP contribution in [0, 0.1) is 5.41 Å². The van der Waals surface area contributed by atoms with Gasteiger partial charge < -0.3 is 4.74 Å². The molecule has 0 bridgehead atoms. The summed E-state index contributed by atoms with van der Waals surface area (Å²) in [6.07, 6.45) is 5.20. The highest BCUT2D eigenvalue weighted by Gasteiger charge is 2.31. The molecule has 2 saturated heterocycles. The van der Waals surface area contributed by atoms with Crippen molar-refractivity contribution in [3.63, 3.8) is 0 Å². The topological polar surface area (TPSA) is 26.3 Å². The summed E-state index contributed by atoms with van der Waals surface area (Å²) in [4.78, 5) is 11.4. The van der Waals surface area contributed by atoms with Gasteiger partial charge in [-0.2, -0.15) is 0 Å². The Morgan fingerprint density at radius 2 is 2.12 bits per heavy atom. The summed E-state index contributed by atoms with van der Waals surface area (Å²) in [7, 11) is 0. The van der Waals surface area contributed by atoms with Gasteiger partial charge in [0.15, 0.2) is 0 Å². The molecular formula is C13H20O2S2. The summed E-state index contributed by atoms with van der Waals surface area (Å²) in [6.45, 7) is 5.18. The van der Waals surface area contributed by atoms with Crippen molar-refractivity contribution < 1.29 is 9.53 Å². The maximum absolute atomic E-state index is 11.4. The van der Waals surface area contributed by atoms with Crippen LogP contribution in [-0.4, -0.2) is 28.7 Å². The third-order valence-corrected chi connectivity index (χ3v) is 6.95. The first kappa shape index (κ1) is 13.3. The van der Waals surface area contributed by atoms with E-state index in [1.165, 1.54) is 17.9 Å². The smallest absolute Gasteiger partial charge is 0.333 e. The number of thioether (sulfide) groups is 2. The Labute approximate surface area is 112 Å². The van der Waals surface area contributed by atoms with Gasteiger partial charge >= 0.3 is 5.97 Å². The molecule has 0 saturated carbocycles. The number of rotatable bonds is 3. The Morgan fingerprint density at radius 3 is 2.71 bits per heavy atom. The number of ether oxygens (including phenoxy) is 1. The molecule has 0 aromatic heterocycles. The molecule has 96 valence electrons. The van der Waals surface area contributed by atoms with Gasteiger partial charge in [-0.15, -0.1) is 23.5 Å². The van der Waals surface area contributed by atoms with Crippen molar-refractivity contribution in [3.05, 3.63) is 11.6 Å². The summed E-state index contributed by atoms with van der Waals surface area (Å²) in [5.74, 6) is 2.45. The second kappa shape index (κ2) is 5.70. The van der Waals surface area contributed by atoms with E-state index in [-0.39, 0.29) is 11.4 Å². The summed E-state index contributed by atoms with van der Waals surface area (Å²) in [5, 5.41) is 0. The summed E-state index contributed by atoms with van der Waals surface area (Å²) >= 11 is 4.14. The molecule has 0 aromatic rings. The van der Waals surface area contributed by atoms with Gasteiger partial charge in [-0.1, -0.05) is 19.9 Å². The molecule has 4 heteroatoms. The first-order chi connectivity index (χ1) is 8.09. The van der Waals surface area contributed by atoms with E-state index >= 15 is 0 Å². The van der Waals surface area contributed by atoms with Crippen molar-refractivity contribution in [2.75, 3.05) is 18.1 Å². The molecule has 2 aliphatic heterocycles. The molecule has 2 rings (SSSR count). The first-order valence-electron chi connectivity index (χ1n) is 6.19.